The zero-order valence-electron chi connectivity index (χ0n) is 9.64. The highest BCUT2D eigenvalue weighted by molar-refractivity contribution is 5.83. The molecule has 0 spiro atoms. The third-order valence-corrected chi connectivity index (χ3v) is 2.81. The summed E-state index contributed by atoms with van der Waals surface area (Å²) in [6.07, 6.45) is -2.15. The van der Waals surface area contributed by atoms with Gasteiger partial charge >= 0.3 is 0 Å². The topological polar surface area (TPSA) is 89.2 Å². The van der Waals surface area contributed by atoms with Crippen LogP contribution in [0.4, 0.5) is 0 Å². The Morgan fingerprint density at radius 3 is 2.56 bits per heavy atom. The van der Waals surface area contributed by atoms with Gasteiger partial charge in [0.15, 0.2) is 0 Å². The molecule has 0 aliphatic heterocycles. The molecule has 5 heteroatoms. The first kappa shape index (κ1) is 12.4. The average molecular weight is 243 g/mol. The van der Waals surface area contributed by atoms with E-state index in [1.165, 1.54) is 0 Å². The molecule has 2 unspecified atom stereocenters. The first-order valence-electron chi connectivity index (χ1n) is 5.58. The standard InChI is InChI=1S/C13H13N3O2/c14-16-15-8-12(17)13(18)11-6-5-9-3-1-2-4-10(9)7-11/h1-7,12-13,17-18H,8H2. The van der Waals surface area contributed by atoms with E-state index in [1.807, 2.05) is 36.4 Å². The molecular weight excluding hydrogens is 230 g/mol. The Morgan fingerprint density at radius 1 is 1.11 bits per heavy atom. The number of hydrogen-bond donors (Lipinski definition) is 2. The molecule has 0 fully saturated rings. The van der Waals surface area contributed by atoms with Gasteiger partial charge in [0.25, 0.3) is 0 Å². The van der Waals surface area contributed by atoms with Crippen molar-refractivity contribution in [1.29, 1.82) is 0 Å². The Balaban J connectivity index is 2.27. The molecule has 2 N–H and O–H groups in total. The number of azide groups is 1. The summed E-state index contributed by atoms with van der Waals surface area (Å²) in [5.74, 6) is 0. The smallest absolute Gasteiger partial charge is 0.105 e. The highest BCUT2D eigenvalue weighted by Crippen LogP contribution is 2.22. The molecule has 5 nitrogen and oxygen atoms in total. The van der Waals surface area contributed by atoms with E-state index in [0.717, 1.165) is 10.8 Å². The first-order valence-corrected chi connectivity index (χ1v) is 5.58. The highest BCUT2D eigenvalue weighted by Gasteiger charge is 2.17. The van der Waals surface area contributed by atoms with Gasteiger partial charge in [0, 0.05) is 4.91 Å². The number of aliphatic hydroxyl groups excluding tert-OH is 2. The van der Waals surface area contributed by atoms with Gasteiger partial charge in [-0.25, -0.2) is 0 Å². The zero-order chi connectivity index (χ0) is 13.0. The fourth-order valence-electron chi connectivity index (χ4n) is 1.83. The quantitative estimate of drug-likeness (QED) is 0.491. The number of nitrogens with zero attached hydrogens (tertiary/aromatic N) is 3. The molecule has 0 aliphatic rings. The van der Waals surface area contributed by atoms with Gasteiger partial charge in [0.2, 0.25) is 0 Å². The molecule has 0 bridgehead atoms. The van der Waals surface area contributed by atoms with Crippen LogP contribution in [0.2, 0.25) is 0 Å². The van der Waals surface area contributed by atoms with Gasteiger partial charge in [0.1, 0.15) is 6.10 Å². The van der Waals surface area contributed by atoms with Gasteiger partial charge in [-0.3, -0.25) is 0 Å². The average Bonchev–Trinajstić information content (AvgIpc) is 2.43. The summed E-state index contributed by atoms with van der Waals surface area (Å²) in [6.45, 7) is -0.148. The summed E-state index contributed by atoms with van der Waals surface area (Å²) in [7, 11) is 0. The van der Waals surface area contributed by atoms with Crippen LogP contribution in [-0.2, 0) is 0 Å². The third kappa shape index (κ3) is 2.60. The van der Waals surface area contributed by atoms with E-state index in [0.29, 0.717) is 5.56 Å². The van der Waals surface area contributed by atoms with Gasteiger partial charge in [0.05, 0.1) is 12.6 Å². The third-order valence-electron chi connectivity index (χ3n) is 2.81. The van der Waals surface area contributed by atoms with Crippen LogP contribution in [0.5, 0.6) is 0 Å². The van der Waals surface area contributed by atoms with Crippen molar-refractivity contribution < 1.29 is 10.2 Å². The minimum absolute atomic E-state index is 0.148. The van der Waals surface area contributed by atoms with Crippen molar-refractivity contribution in [2.75, 3.05) is 6.54 Å². The summed E-state index contributed by atoms with van der Waals surface area (Å²) < 4.78 is 0. The van der Waals surface area contributed by atoms with Crippen molar-refractivity contribution in [3.63, 3.8) is 0 Å². The summed E-state index contributed by atoms with van der Waals surface area (Å²) >= 11 is 0. The molecule has 0 saturated heterocycles. The Labute approximate surface area is 104 Å². The number of benzene rings is 2. The molecule has 92 valence electrons. The molecule has 2 aromatic carbocycles. The maximum atomic E-state index is 9.94. The van der Waals surface area contributed by atoms with E-state index < -0.39 is 12.2 Å². The van der Waals surface area contributed by atoms with Gasteiger partial charge in [-0.1, -0.05) is 41.5 Å². The molecule has 2 rings (SSSR count). The summed E-state index contributed by atoms with van der Waals surface area (Å²) in [5.41, 5.74) is 8.78. The Bertz CT molecular complexity index is 594. The lowest BCUT2D eigenvalue weighted by atomic mass is 10.0. The van der Waals surface area contributed by atoms with Gasteiger partial charge < -0.3 is 10.2 Å². The van der Waals surface area contributed by atoms with Crippen LogP contribution >= 0.6 is 0 Å². The lowest BCUT2D eigenvalue weighted by Gasteiger charge is -2.16. The van der Waals surface area contributed by atoms with Crippen LogP contribution in [0.15, 0.2) is 47.6 Å². The summed E-state index contributed by atoms with van der Waals surface area (Å²) in [6, 6.07) is 13.2. The predicted octanol–water partition coefficient (Wildman–Crippen LogP) is 2.54. The second kappa shape index (κ2) is 5.51. The molecule has 0 aromatic heterocycles. The molecule has 0 radical (unpaired) electrons. The molecule has 0 aliphatic carbocycles. The SMILES string of the molecule is [N-]=[N+]=NCC(O)C(O)c1ccc2ccccc2c1. The van der Waals surface area contributed by atoms with E-state index in [9.17, 15) is 10.2 Å². The normalized spacial score (nSPS) is 13.9. The van der Waals surface area contributed by atoms with Crippen molar-refractivity contribution in [2.24, 2.45) is 5.11 Å². The fourth-order valence-corrected chi connectivity index (χ4v) is 1.83. The van der Waals surface area contributed by atoms with Gasteiger partial charge in [-0.15, -0.1) is 0 Å². The van der Waals surface area contributed by atoms with Crippen LogP contribution in [0.3, 0.4) is 0 Å². The van der Waals surface area contributed by atoms with Crippen LogP contribution in [-0.4, -0.2) is 22.9 Å². The van der Waals surface area contributed by atoms with Gasteiger partial charge in [-0.2, -0.15) is 0 Å². The van der Waals surface area contributed by atoms with Crippen LogP contribution in [0.1, 0.15) is 11.7 Å². The van der Waals surface area contributed by atoms with E-state index in [4.69, 9.17) is 5.53 Å². The van der Waals surface area contributed by atoms with E-state index in [2.05, 4.69) is 10.0 Å². The molecule has 0 heterocycles. The minimum atomic E-state index is -1.10. The molecule has 18 heavy (non-hydrogen) atoms. The number of rotatable bonds is 4. The molecule has 2 aromatic rings. The summed E-state index contributed by atoms with van der Waals surface area (Å²) in [5, 5.41) is 24.9. The van der Waals surface area contributed by atoms with Crippen LogP contribution in [0.25, 0.3) is 21.2 Å². The van der Waals surface area contributed by atoms with Crippen molar-refractivity contribution in [1.82, 2.24) is 0 Å². The van der Waals surface area contributed by atoms with E-state index in [-0.39, 0.29) is 6.54 Å². The fraction of sp³-hybridized carbons (Fsp3) is 0.231. The second-order valence-electron chi connectivity index (χ2n) is 4.03. The maximum absolute atomic E-state index is 9.94. The van der Waals surface area contributed by atoms with Crippen LogP contribution in [0, 0.1) is 0 Å². The lowest BCUT2D eigenvalue weighted by Crippen LogP contribution is -2.21. The number of hydrogen-bond acceptors (Lipinski definition) is 3. The van der Waals surface area contributed by atoms with Crippen LogP contribution < -0.4 is 0 Å². The number of fused-ring (bicyclic) bond motifs is 1. The minimum Gasteiger partial charge on any atom is -0.390 e. The molecule has 0 amide bonds. The predicted molar refractivity (Wildman–Crippen MR) is 68.9 cm³/mol. The maximum Gasteiger partial charge on any atom is 0.105 e. The molecule has 0 saturated carbocycles. The Kier molecular flexibility index (Phi) is 3.79. The lowest BCUT2D eigenvalue weighted by molar-refractivity contribution is 0.0245. The first-order chi connectivity index (χ1) is 8.72. The number of aliphatic hydroxyl groups is 2. The van der Waals surface area contributed by atoms with E-state index >= 15 is 0 Å². The van der Waals surface area contributed by atoms with Crippen molar-refractivity contribution in [3.05, 3.63) is 58.5 Å². The van der Waals surface area contributed by atoms with Crippen molar-refractivity contribution in [3.8, 4) is 0 Å². The van der Waals surface area contributed by atoms with Crippen molar-refractivity contribution in [2.45, 2.75) is 12.2 Å². The monoisotopic (exact) mass is 243 g/mol. The van der Waals surface area contributed by atoms with Crippen molar-refractivity contribution >= 4 is 10.8 Å². The zero-order valence-corrected chi connectivity index (χ0v) is 9.64. The summed E-state index contributed by atoms with van der Waals surface area (Å²) in [4.78, 5) is 2.56. The van der Waals surface area contributed by atoms with Gasteiger partial charge in [-0.05, 0) is 27.9 Å². The van der Waals surface area contributed by atoms with E-state index in [1.54, 1.807) is 6.07 Å². The Morgan fingerprint density at radius 2 is 1.83 bits per heavy atom. The Hall–Kier alpha value is -2.07. The second-order valence-corrected chi connectivity index (χ2v) is 4.03. The highest BCUT2D eigenvalue weighted by atomic mass is 16.3. The molecular formula is C13H13N3O2. The largest absolute Gasteiger partial charge is 0.390 e. The molecule has 2 atom stereocenters.